The van der Waals surface area contributed by atoms with Crippen LogP contribution in [0.2, 0.25) is 0 Å². The first-order valence-corrected chi connectivity index (χ1v) is 5.46. The lowest BCUT2D eigenvalue weighted by Gasteiger charge is -2.03. The number of aromatic nitrogens is 5. The van der Waals surface area contributed by atoms with Gasteiger partial charge in [0.25, 0.3) is 0 Å². The molecule has 0 aliphatic carbocycles. The summed E-state index contributed by atoms with van der Waals surface area (Å²) in [7, 11) is 0. The van der Waals surface area contributed by atoms with Crippen LogP contribution in [0.3, 0.4) is 0 Å². The van der Waals surface area contributed by atoms with Crippen molar-refractivity contribution < 1.29 is 0 Å². The summed E-state index contributed by atoms with van der Waals surface area (Å²) in [5.74, 6) is 1.89. The predicted octanol–water partition coefficient (Wildman–Crippen LogP) is 1.40. The van der Waals surface area contributed by atoms with E-state index in [1.165, 1.54) is 0 Å². The van der Waals surface area contributed by atoms with Crippen LogP contribution >= 0.6 is 0 Å². The maximum absolute atomic E-state index is 4.18. The van der Waals surface area contributed by atoms with Crippen LogP contribution in [0.5, 0.6) is 0 Å². The van der Waals surface area contributed by atoms with Gasteiger partial charge in [-0.3, -0.25) is 0 Å². The predicted molar refractivity (Wildman–Crippen MR) is 59.7 cm³/mol. The van der Waals surface area contributed by atoms with Crippen LogP contribution in [-0.4, -0.2) is 24.7 Å². The van der Waals surface area contributed by atoms with Gasteiger partial charge in [0.05, 0.1) is 6.20 Å². The van der Waals surface area contributed by atoms with Crippen molar-refractivity contribution in [1.82, 2.24) is 24.7 Å². The molecule has 0 bridgehead atoms. The standard InChI is InChI=1S/C11H15N5/c1-10-12-7-9-16(10)8-3-2-4-11-13-5-6-14-15-11/h5-7,9H,2-4,8H2,1H3. The first-order chi connectivity index (χ1) is 7.86. The van der Waals surface area contributed by atoms with E-state index in [0.29, 0.717) is 0 Å². The maximum atomic E-state index is 4.18. The molecule has 0 aliphatic rings. The zero-order chi connectivity index (χ0) is 11.2. The van der Waals surface area contributed by atoms with Gasteiger partial charge in [-0.05, 0) is 19.8 Å². The molecule has 0 aliphatic heterocycles. The minimum Gasteiger partial charge on any atom is -0.335 e. The minimum absolute atomic E-state index is 0.824. The van der Waals surface area contributed by atoms with Crippen LogP contribution in [0.1, 0.15) is 24.5 Å². The molecule has 16 heavy (non-hydrogen) atoms. The third kappa shape index (κ3) is 2.85. The number of rotatable bonds is 5. The number of imidazole rings is 1. The molecule has 2 aromatic heterocycles. The SMILES string of the molecule is Cc1nccn1CCCCc1nccnn1. The van der Waals surface area contributed by atoms with Crippen molar-refractivity contribution in [3.05, 3.63) is 36.4 Å². The number of aryl methyl sites for hydroxylation is 3. The molecule has 0 aromatic carbocycles. The molecule has 2 heterocycles. The Balaban J connectivity index is 1.72. The Labute approximate surface area is 94.6 Å². The highest BCUT2D eigenvalue weighted by atomic mass is 15.1. The fourth-order valence-corrected chi connectivity index (χ4v) is 1.59. The quantitative estimate of drug-likeness (QED) is 0.710. The molecule has 2 aromatic rings. The average molecular weight is 217 g/mol. The number of unbranched alkanes of at least 4 members (excludes halogenated alkanes) is 1. The minimum atomic E-state index is 0.824. The summed E-state index contributed by atoms with van der Waals surface area (Å²) in [5.41, 5.74) is 0. The Morgan fingerprint density at radius 3 is 2.75 bits per heavy atom. The van der Waals surface area contributed by atoms with Gasteiger partial charge < -0.3 is 4.57 Å². The van der Waals surface area contributed by atoms with Crippen molar-refractivity contribution in [2.75, 3.05) is 0 Å². The van der Waals surface area contributed by atoms with Crippen molar-refractivity contribution in [2.24, 2.45) is 0 Å². The third-order valence-corrected chi connectivity index (χ3v) is 2.50. The van der Waals surface area contributed by atoms with Gasteiger partial charge in [-0.25, -0.2) is 9.97 Å². The van der Waals surface area contributed by atoms with Crippen molar-refractivity contribution in [3.63, 3.8) is 0 Å². The van der Waals surface area contributed by atoms with Crippen molar-refractivity contribution in [3.8, 4) is 0 Å². The Bertz CT molecular complexity index is 423. The lowest BCUT2D eigenvalue weighted by molar-refractivity contribution is 0.586. The van der Waals surface area contributed by atoms with E-state index in [4.69, 9.17) is 0 Å². The highest BCUT2D eigenvalue weighted by Crippen LogP contribution is 2.02. The molecule has 84 valence electrons. The molecule has 5 heteroatoms. The lowest BCUT2D eigenvalue weighted by atomic mass is 10.2. The first kappa shape index (κ1) is 10.7. The van der Waals surface area contributed by atoms with Gasteiger partial charge >= 0.3 is 0 Å². The Hall–Kier alpha value is -1.78. The van der Waals surface area contributed by atoms with Crippen molar-refractivity contribution in [1.29, 1.82) is 0 Å². The molecule has 0 unspecified atom stereocenters. The summed E-state index contributed by atoms with van der Waals surface area (Å²) in [6.07, 6.45) is 10.2. The lowest BCUT2D eigenvalue weighted by Crippen LogP contribution is -2.01. The molecule has 0 saturated carbocycles. The van der Waals surface area contributed by atoms with E-state index in [-0.39, 0.29) is 0 Å². The van der Waals surface area contributed by atoms with Crippen LogP contribution in [0.25, 0.3) is 0 Å². The largest absolute Gasteiger partial charge is 0.335 e. The molecular weight excluding hydrogens is 202 g/mol. The molecule has 0 fully saturated rings. The summed E-state index contributed by atoms with van der Waals surface area (Å²) < 4.78 is 2.16. The Morgan fingerprint density at radius 1 is 1.12 bits per heavy atom. The van der Waals surface area contributed by atoms with Crippen LogP contribution in [0, 0.1) is 6.92 Å². The first-order valence-electron chi connectivity index (χ1n) is 5.46. The molecule has 5 nitrogen and oxygen atoms in total. The second-order valence-corrected chi connectivity index (χ2v) is 3.68. The van der Waals surface area contributed by atoms with Crippen LogP contribution in [0.15, 0.2) is 24.8 Å². The fraction of sp³-hybridized carbons (Fsp3) is 0.455. The average Bonchev–Trinajstić information content (AvgIpc) is 2.72. The number of hydrogen-bond donors (Lipinski definition) is 0. The zero-order valence-electron chi connectivity index (χ0n) is 9.37. The van der Waals surface area contributed by atoms with Crippen molar-refractivity contribution >= 4 is 0 Å². The molecular formula is C11H15N5. The van der Waals surface area contributed by atoms with Crippen LogP contribution in [-0.2, 0) is 13.0 Å². The maximum Gasteiger partial charge on any atom is 0.150 e. The van der Waals surface area contributed by atoms with E-state index < -0.39 is 0 Å². The van der Waals surface area contributed by atoms with E-state index in [0.717, 1.165) is 37.5 Å². The molecule has 0 N–H and O–H groups in total. The van der Waals surface area contributed by atoms with E-state index >= 15 is 0 Å². The topological polar surface area (TPSA) is 56.5 Å². The van der Waals surface area contributed by atoms with Gasteiger partial charge in [0.1, 0.15) is 5.82 Å². The molecule has 0 atom stereocenters. The van der Waals surface area contributed by atoms with Crippen LogP contribution < -0.4 is 0 Å². The monoisotopic (exact) mass is 217 g/mol. The third-order valence-electron chi connectivity index (χ3n) is 2.50. The Kier molecular flexibility index (Phi) is 3.58. The van der Waals surface area contributed by atoms with Gasteiger partial charge in [-0.1, -0.05) is 0 Å². The van der Waals surface area contributed by atoms with E-state index in [1.807, 2.05) is 19.3 Å². The van der Waals surface area contributed by atoms with Gasteiger partial charge in [-0.2, -0.15) is 5.10 Å². The van der Waals surface area contributed by atoms with E-state index in [1.54, 1.807) is 12.4 Å². The summed E-state index contributed by atoms with van der Waals surface area (Å²) in [6, 6.07) is 0. The van der Waals surface area contributed by atoms with E-state index in [9.17, 15) is 0 Å². The van der Waals surface area contributed by atoms with Crippen molar-refractivity contribution in [2.45, 2.75) is 32.7 Å². The normalized spacial score (nSPS) is 10.6. The van der Waals surface area contributed by atoms with Gasteiger partial charge in [0.2, 0.25) is 0 Å². The van der Waals surface area contributed by atoms with E-state index in [2.05, 4.69) is 24.7 Å². The summed E-state index contributed by atoms with van der Waals surface area (Å²) >= 11 is 0. The summed E-state index contributed by atoms with van der Waals surface area (Å²) in [4.78, 5) is 8.32. The molecule has 0 spiro atoms. The second-order valence-electron chi connectivity index (χ2n) is 3.68. The zero-order valence-corrected chi connectivity index (χ0v) is 9.37. The summed E-state index contributed by atoms with van der Waals surface area (Å²) in [5, 5.41) is 7.75. The van der Waals surface area contributed by atoms with Gasteiger partial charge in [0, 0.05) is 31.6 Å². The number of hydrogen-bond acceptors (Lipinski definition) is 4. The number of nitrogens with zero attached hydrogens (tertiary/aromatic N) is 5. The summed E-state index contributed by atoms with van der Waals surface area (Å²) in [6.45, 7) is 3.02. The van der Waals surface area contributed by atoms with Gasteiger partial charge in [-0.15, -0.1) is 5.10 Å². The highest BCUT2D eigenvalue weighted by molar-refractivity contribution is 4.88. The van der Waals surface area contributed by atoms with Crippen LogP contribution in [0.4, 0.5) is 0 Å². The fourth-order valence-electron chi connectivity index (χ4n) is 1.59. The second kappa shape index (κ2) is 5.34. The smallest absolute Gasteiger partial charge is 0.150 e. The molecule has 0 radical (unpaired) electrons. The molecule has 2 rings (SSSR count). The molecule has 0 amide bonds. The van der Waals surface area contributed by atoms with Gasteiger partial charge in [0.15, 0.2) is 5.82 Å². The highest BCUT2D eigenvalue weighted by Gasteiger charge is 1.98. The Morgan fingerprint density at radius 2 is 2.06 bits per heavy atom. The molecule has 0 saturated heterocycles.